The van der Waals surface area contributed by atoms with E-state index in [1.54, 1.807) is 0 Å². The van der Waals surface area contributed by atoms with Gasteiger partial charge >= 0.3 is 0 Å². The Morgan fingerprint density at radius 3 is 2.44 bits per heavy atom. The largest absolute Gasteiger partial charge is 0.388 e. The average molecular weight is 356 g/mol. The number of benzene rings is 2. The molecule has 1 N–H and O–H groups in total. The lowest BCUT2D eigenvalue weighted by Crippen LogP contribution is -2.02. The molecule has 0 spiro atoms. The molecule has 0 aliphatic rings. The van der Waals surface area contributed by atoms with Gasteiger partial charge in [0.15, 0.2) is 0 Å². The van der Waals surface area contributed by atoms with Crippen LogP contribution in [0.15, 0.2) is 42.5 Å². The smallest absolute Gasteiger partial charge is 0.123 e. The van der Waals surface area contributed by atoms with Crippen molar-refractivity contribution in [3.05, 3.63) is 68.5 Å². The zero-order chi connectivity index (χ0) is 13.1. The number of aryl methyl sites for hydroxylation is 1. The minimum Gasteiger partial charge on any atom is -0.388 e. The van der Waals surface area contributed by atoms with Crippen LogP contribution in [0.2, 0.25) is 0 Å². The minimum atomic E-state index is -0.667. The molecule has 0 heterocycles. The van der Waals surface area contributed by atoms with Gasteiger partial charge in [0.2, 0.25) is 0 Å². The zero-order valence-electron chi connectivity index (χ0n) is 10.0. The molecule has 2 aromatic rings. The Balaban J connectivity index is 2.16. The van der Waals surface area contributed by atoms with Gasteiger partial charge in [0.05, 0.1) is 6.10 Å². The first kappa shape index (κ1) is 13.5. The quantitative estimate of drug-likeness (QED) is 0.824. The predicted molar refractivity (Wildman–Crippen MR) is 79.0 cm³/mol. The standard InChI is InChI=1S/C15H14FIO/c1-10-6-12(9-13(16)7-10)15(18)8-11-2-4-14(17)5-3-11/h2-7,9,15,18H,8H2,1H3. The van der Waals surface area contributed by atoms with E-state index in [2.05, 4.69) is 22.6 Å². The summed E-state index contributed by atoms with van der Waals surface area (Å²) in [7, 11) is 0. The van der Waals surface area contributed by atoms with Crippen molar-refractivity contribution in [3.8, 4) is 0 Å². The first-order valence-corrected chi connectivity index (χ1v) is 6.82. The molecule has 0 saturated carbocycles. The van der Waals surface area contributed by atoms with Gasteiger partial charge in [-0.2, -0.15) is 0 Å². The Bertz CT molecular complexity index is 516. The van der Waals surface area contributed by atoms with Gasteiger partial charge in [-0.15, -0.1) is 0 Å². The molecule has 0 aromatic heterocycles. The fourth-order valence-electron chi connectivity index (χ4n) is 1.92. The molecule has 2 rings (SSSR count). The number of aliphatic hydroxyl groups excluding tert-OH is 1. The van der Waals surface area contributed by atoms with Crippen LogP contribution in [-0.4, -0.2) is 5.11 Å². The van der Waals surface area contributed by atoms with E-state index in [9.17, 15) is 9.50 Å². The first-order chi connectivity index (χ1) is 8.54. The average Bonchev–Trinajstić information content (AvgIpc) is 2.31. The topological polar surface area (TPSA) is 20.2 Å². The van der Waals surface area contributed by atoms with Crippen LogP contribution >= 0.6 is 22.6 Å². The van der Waals surface area contributed by atoms with E-state index >= 15 is 0 Å². The van der Waals surface area contributed by atoms with Gasteiger partial charge in [0, 0.05) is 9.99 Å². The number of rotatable bonds is 3. The van der Waals surface area contributed by atoms with Crippen molar-refractivity contribution < 1.29 is 9.50 Å². The Labute approximate surface area is 120 Å². The van der Waals surface area contributed by atoms with Crippen LogP contribution in [-0.2, 0) is 6.42 Å². The summed E-state index contributed by atoms with van der Waals surface area (Å²) >= 11 is 2.24. The van der Waals surface area contributed by atoms with Crippen molar-refractivity contribution in [1.29, 1.82) is 0 Å². The maximum Gasteiger partial charge on any atom is 0.123 e. The maximum atomic E-state index is 13.3. The molecule has 0 aliphatic heterocycles. The second-order valence-corrected chi connectivity index (χ2v) is 5.65. The van der Waals surface area contributed by atoms with Crippen molar-refractivity contribution in [2.45, 2.75) is 19.4 Å². The molecule has 0 fully saturated rings. The van der Waals surface area contributed by atoms with Crippen molar-refractivity contribution in [3.63, 3.8) is 0 Å². The molecule has 18 heavy (non-hydrogen) atoms. The van der Waals surface area contributed by atoms with Gasteiger partial charge in [0.1, 0.15) is 5.82 Å². The molecule has 2 aromatic carbocycles. The van der Waals surface area contributed by atoms with Crippen LogP contribution in [0, 0.1) is 16.3 Å². The number of hydrogen-bond acceptors (Lipinski definition) is 1. The SMILES string of the molecule is Cc1cc(F)cc(C(O)Cc2ccc(I)cc2)c1. The third-order valence-electron chi connectivity index (χ3n) is 2.79. The van der Waals surface area contributed by atoms with Gasteiger partial charge in [-0.25, -0.2) is 4.39 Å². The van der Waals surface area contributed by atoms with Gasteiger partial charge in [0.25, 0.3) is 0 Å². The number of aliphatic hydroxyl groups is 1. The van der Waals surface area contributed by atoms with E-state index in [0.717, 1.165) is 14.7 Å². The Kier molecular flexibility index (Phi) is 4.35. The van der Waals surface area contributed by atoms with Gasteiger partial charge in [-0.1, -0.05) is 18.2 Å². The van der Waals surface area contributed by atoms with E-state index in [0.29, 0.717) is 12.0 Å². The Hall–Kier alpha value is -0.940. The highest BCUT2D eigenvalue weighted by Gasteiger charge is 2.10. The molecular formula is C15H14FIO. The molecule has 1 atom stereocenters. The summed E-state index contributed by atoms with van der Waals surface area (Å²) in [6, 6.07) is 12.6. The van der Waals surface area contributed by atoms with Gasteiger partial charge in [-0.05, 0) is 70.5 Å². The molecule has 0 saturated heterocycles. The highest BCUT2D eigenvalue weighted by Crippen LogP contribution is 2.21. The van der Waals surface area contributed by atoms with Crippen molar-refractivity contribution in [2.75, 3.05) is 0 Å². The molecule has 1 unspecified atom stereocenters. The summed E-state index contributed by atoms with van der Waals surface area (Å²) in [4.78, 5) is 0. The third-order valence-corrected chi connectivity index (χ3v) is 3.51. The second kappa shape index (κ2) is 5.80. The molecule has 1 nitrogen and oxygen atoms in total. The molecule has 0 aliphatic carbocycles. The third kappa shape index (κ3) is 3.53. The second-order valence-electron chi connectivity index (χ2n) is 4.41. The fourth-order valence-corrected chi connectivity index (χ4v) is 2.28. The summed E-state index contributed by atoms with van der Waals surface area (Å²) in [5, 5.41) is 10.1. The van der Waals surface area contributed by atoms with Crippen LogP contribution < -0.4 is 0 Å². The van der Waals surface area contributed by atoms with Crippen molar-refractivity contribution in [1.82, 2.24) is 0 Å². The highest BCUT2D eigenvalue weighted by atomic mass is 127. The normalized spacial score (nSPS) is 12.4. The van der Waals surface area contributed by atoms with E-state index in [4.69, 9.17) is 0 Å². The summed E-state index contributed by atoms with van der Waals surface area (Å²) in [6.45, 7) is 1.82. The Morgan fingerprint density at radius 2 is 1.83 bits per heavy atom. The van der Waals surface area contributed by atoms with Gasteiger partial charge < -0.3 is 5.11 Å². The Morgan fingerprint density at radius 1 is 1.17 bits per heavy atom. The van der Waals surface area contributed by atoms with E-state index in [1.807, 2.05) is 37.3 Å². The monoisotopic (exact) mass is 356 g/mol. The first-order valence-electron chi connectivity index (χ1n) is 5.74. The van der Waals surface area contributed by atoms with Crippen LogP contribution in [0.3, 0.4) is 0 Å². The van der Waals surface area contributed by atoms with E-state index < -0.39 is 6.10 Å². The molecule has 3 heteroatoms. The molecular weight excluding hydrogens is 342 g/mol. The van der Waals surface area contributed by atoms with Crippen LogP contribution in [0.1, 0.15) is 22.8 Å². The zero-order valence-corrected chi connectivity index (χ0v) is 12.2. The van der Waals surface area contributed by atoms with Crippen LogP contribution in [0.4, 0.5) is 4.39 Å². The minimum absolute atomic E-state index is 0.299. The molecule has 0 radical (unpaired) electrons. The maximum absolute atomic E-state index is 13.3. The number of halogens is 2. The predicted octanol–water partition coefficient (Wildman–Crippen LogP) is 4.01. The van der Waals surface area contributed by atoms with Crippen LogP contribution in [0.5, 0.6) is 0 Å². The van der Waals surface area contributed by atoms with Gasteiger partial charge in [-0.3, -0.25) is 0 Å². The van der Waals surface area contributed by atoms with Crippen molar-refractivity contribution in [2.24, 2.45) is 0 Å². The highest BCUT2D eigenvalue weighted by molar-refractivity contribution is 14.1. The fraction of sp³-hybridized carbons (Fsp3) is 0.200. The van der Waals surface area contributed by atoms with E-state index in [1.165, 1.54) is 12.1 Å². The number of hydrogen-bond donors (Lipinski definition) is 1. The van der Waals surface area contributed by atoms with Crippen LogP contribution in [0.25, 0.3) is 0 Å². The van der Waals surface area contributed by atoms with Crippen molar-refractivity contribution >= 4 is 22.6 Å². The lowest BCUT2D eigenvalue weighted by molar-refractivity contribution is 0.178. The summed E-state index contributed by atoms with van der Waals surface area (Å²) < 4.78 is 14.4. The van der Waals surface area contributed by atoms with E-state index in [-0.39, 0.29) is 5.82 Å². The lowest BCUT2D eigenvalue weighted by Gasteiger charge is -2.12. The summed E-state index contributed by atoms with van der Waals surface area (Å²) in [5.74, 6) is -0.299. The summed E-state index contributed by atoms with van der Waals surface area (Å²) in [6.07, 6.45) is -0.167. The lowest BCUT2D eigenvalue weighted by atomic mass is 10.00. The summed E-state index contributed by atoms with van der Waals surface area (Å²) in [5.41, 5.74) is 2.50. The molecule has 0 bridgehead atoms. The molecule has 0 amide bonds. The molecule has 94 valence electrons.